The maximum atomic E-state index is 12.7. The molecule has 2 aromatic rings. The maximum Gasteiger partial charge on any atom is 0.434 e. The Bertz CT molecular complexity index is 865. The van der Waals surface area contributed by atoms with Gasteiger partial charge in [0.05, 0.1) is 12.8 Å². The van der Waals surface area contributed by atoms with E-state index in [-0.39, 0.29) is 0 Å². The molecule has 2 amide bonds. The molecule has 152 valence electrons. The third kappa shape index (κ3) is 6.04. The molecule has 0 aromatic heterocycles. The number of hydrogen-bond acceptors (Lipinski definition) is 5. The van der Waals surface area contributed by atoms with E-state index in [0.29, 0.717) is 5.69 Å². The Kier molecular flexibility index (Phi) is 6.07. The van der Waals surface area contributed by atoms with E-state index in [1.165, 1.54) is 0 Å². The van der Waals surface area contributed by atoms with Crippen LogP contribution in [0.25, 0.3) is 10.8 Å². The minimum absolute atomic E-state index is 0.442. The number of carbonyl (C=O) groups is 2. The van der Waals surface area contributed by atoms with Gasteiger partial charge in [0.15, 0.2) is 0 Å². The number of ether oxygens (including phenoxy) is 3. The zero-order chi connectivity index (χ0) is 21.1. The molecule has 2 rings (SSSR count). The minimum atomic E-state index is -0.756. The lowest BCUT2D eigenvalue weighted by Gasteiger charge is -2.29. The van der Waals surface area contributed by atoms with Gasteiger partial charge in [0.2, 0.25) is 0 Å². The SMILES string of the molecule is COc1ccc2cc(N(NC(=O)OC(C)(C)C)C(=O)OC(C)(C)C)ccc2c1. The van der Waals surface area contributed by atoms with Crippen molar-refractivity contribution in [2.24, 2.45) is 0 Å². The molecule has 0 spiro atoms. The van der Waals surface area contributed by atoms with Crippen molar-refractivity contribution >= 4 is 28.6 Å². The van der Waals surface area contributed by atoms with Gasteiger partial charge in [-0.1, -0.05) is 12.1 Å². The normalized spacial score (nSPS) is 11.7. The second-order valence-corrected chi connectivity index (χ2v) is 8.33. The van der Waals surface area contributed by atoms with Crippen LogP contribution in [0.5, 0.6) is 5.75 Å². The van der Waals surface area contributed by atoms with Gasteiger partial charge in [0.1, 0.15) is 17.0 Å². The van der Waals surface area contributed by atoms with Gasteiger partial charge in [-0.05, 0) is 76.6 Å². The average molecular weight is 388 g/mol. The van der Waals surface area contributed by atoms with E-state index in [1.807, 2.05) is 24.3 Å². The van der Waals surface area contributed by atoms with Crippen molar-refractivity contribution in [1.29, 1.82) is 0 Å². The molecule has 0 heterocycles. The smallest absolute Gasteiger partial charge is 0.434 e. The van der Waals surface area contributed by atoms with Crippen LogP contribution in [-0.4, -0.2) is 30.5 Å². The fourth-order valence-corrected chi connectivity index (χ4v) is 2.39. The van der Waals surface area contributed by atoms with E-state index in [0.717, 1.165) is 21.5 Å². The number of amides is 2. The molecule has 0 aliphatic heterocycles. The Hall–Kier alpha value is -2.96. The summed E-state index contributed by atoms with van der Waals surface area (Å²) in [7, 11) is 1.60. The Morgan fingerprint density at radius 2 is 1.43 bits per heavy atom. The maximum absolute atomic E-state index is 12.7. The number of hydrogen-bond donors (Lipinski definition) is 1. The summed E-state index contributed by atoms with van der Waals surface area (Å²) in [6.45, 7) is 10.5. The summed E-state index contributed by atoms with van der Waals surface area (Å²) in [6, 6.07) is 10.9. The molecule has 0 unspecified atom stereocenters. The Morgan fingerprint density at radius 1 is 0.857 bits per heavy atom. The van der Waals surface area contributed by atoms with Crippen LogP contribution in [0.15, 0.2) is 36.4 Å². The zero-order valence-corrected chi connectivity index (χ0v) is 17.5. The summed E-state index contributed by atoms with van der Waals surface area (Å²) >= 11 is 0. The van der Waals surface area contributed by atoms with Crippen molar-refractivity contribution < 1.29 is 23.8 Å². The van der Waals surface area contributed by atoms with Gasteiger partial charge in [-0.15, -0.1) is 0 Å². The first kappa shape index (κ1) is 21.3. The Morgan fingerprint density at radius 3 is 2.00 bits per heavy atom. The van der Waals surface area contributed by atoms with Gasteiger partial charge in [0.25, 0.3) is 0 Å². The van der Waals surface area contributed by atoms with E-state index in [4.69, 9.17) is 14.2 Å². The van der Waals surface area contributed by atoms with Gasteiger partial charge in [-0.2, -0.15) is 5.01 Å². The van der Waals surface area contributed by atoms with E-state index in [1.54, 1.807) is 60.8 Å². The lowest BCUT2D eigenvalue weighted by molar-refractivity contribution is 0.0425. The molecule has 7 nitrogen and oxygen atoms in total. The second kappa shape index (κ2) is 7.96. The van der Waals surface area contributed by atoms with Gasteiger partial charge in [0, 0.05) is 0 Å². The highest BCUT2D eigenvalue weighted by molar-refractivity contribution is 5.95. The predicted molar refractivity (Wildman–Crippen MR) is 109 cm³/mol. The number of fused-ring (bicyclic) bond motifs is 1. The standard InChI is InChI=1S/C21H28N2O5/c1-20(2,3)27-18(24)22-23(19(25)28-21(4,5)6)16-10-8-15-13-17(26-7)11-9-14(15)12-16/h8-13H,1-7H3,(H,22,24). The first-order valence-corrected chi connectivity index (χ1v) is 8.98. The molecule has 0 saturated heterocycles. The number of nitrogens with one attached hydrogen (secondary N) is 1. The third-order valence-corrected chi connectivity index (χ3v) is 3.47. The van der Waals surface area contributed by atoms with E-state index in [2.05, 4.69) is 5.43 Å². The molecule has 0 radical (unpaired) electrons. The number of hydrazine groups is 1. The molecule has 0 atom stereocenters. The van der Waals surface area contributed by atoms with Crippen molar-refractivity contribution in [3.05, 3.63) is 36.4 Å². The zero-order valence-electron chi connectivity index (χ0n) is 17.5. The first-order chi connectivity index (χ1) is 12.9. The Labute approximate surface area is 165 Å². The van der Waals surface area contributed by atoms with Crippen LogP contribution >= 0.6 is 0 Å². The molecule has 28 heavy (non-hydrogen) atoms. The van der Waals surface area contributed by atoms with Crippen LogP contribution in [-0.2, 0) is 9.47 Å². The Balaban J connectivity index is 2.38. The first-order valence-electron chi connectivity index (χ1n) is 8.98. The lowest BCUT2D eigenvalue weighted by atomic mass is 10.1. The van der Waals surface area contributed by atoms with Gasteiger partial charge in [-0.3, -0.25) is 0 Å². The van der Waals surface area contributed by atoms with Crippen LogP contribution in [0.2, 0.25) is 0 Å². The molecule has 0 aliphatic carbocycles. The number of anilines is 1. The molecule has 7 heteroatoms. The van der Waals surface area contributed by atoms with Crippen LogP contribution < -0.4 is 15.2 Å². The molecule has 0 bridgehead atoms. The summed E-state index contributed by atoms with van der Waals surface area (Å²) in [5.41, 5.74) is 1.48. The van der Waals surface area contributed by atoms with E-state index < -0.39 is 23.4 Å². The average Bonchev–Trinajstić information content (AvgIpc) is 2.55. The van der Waals surface area contributed by atoms with Crippen molar-refractivity contribution in [2.75, 3.05) is 12.1 Å². The van der Waals surface area contributed by atoms with E-state index >= 15 is 0 Å². The summed E-state index contributed by atoms with van der Waals surface area (Å²) in [5.74, 6) is 0.733. The van der Waals surface area contributed by atoms with Crippen molar-refractivity contribution in [3.63, 3.8) is 0 Å². The van der Waals surface area contributed by atoms with Crippen molar-refractivity contribution in [2.45, 2.75) is 52.7 Å². The molecule has 0 fully saturated rings. The summed E-state index contributed by atoms with van der Waals surface area (Å²) in [6.07, 6.45) is -1.47. The number of nitrogens with zero attached hydrogens (tertiary/aromatic N) is 1. The molecule has 1 N–H and O–H groups in total. The predicted octanol–water partition coefficient (Wildman–Crippen LogP) is 5.03. The van der Waals surface area contributed by atoms with Crippen LogP contribution in [0.1, 0.15) is 41.5 Å². The van der Waals surface area contributed by atoms with Crippen LogP contribution in [0.4, 0.5) is 15.3 Å². The highest BCUT2D eigenvalue weighted by Gasteiger charge is 2.27. The fourth-order valence-electron chi connectivity index (χ4n) is 2.39. The van der Waals surface area contributed by atoms with Crippen LogP contribution in [0.3, 0.4) is 0 Å². The highest BCUT2D eigenvalue weighted by Crippen LogP contribution is 2.26. The van der Waals surface area contributed by atoms with Gasteiger partial charge >= 0.3 is 12.2 Å². The van der Waals surface area contributed by atoms with Crippen molar-refractivity contribution in [3.8, 4) is 5.75 Å². The topological polar surface area (TPSA) is 77.1 Å². The van der Waals surface area contributed by atoms with Gasteiger partial charge in [-0.25, -0.2) is 15.0 Å². The van der Waals surface area contributed by atoms with E-state index in [9.17, 15) is 9.59 Å². The molecule has 2 aromatic carbocycles. The quantitative estimate of drug-likeness (QED) is 0.730. The largest absolute Gasteiger partial charge is 0.497 e. The number of carbonyl (C=O) groups excluding carboxylic acids is 2. The highest BCUT2D eigenvalue weighted by atomic mass is 16.6. The van der Waals surface area contributed by atoms with Gasteiger partial charge < -0.3 is 14.2 Å². The number of benzene rings is 2. The summed E-state index contributed by atoms with van der Waals surface area (Å²) in [5, 5.41) is 2.85. The summed E-state index contributed by atoms with van der Waals surface area (Å²) in [4.78, 5) is 25.0. The third-order valence-electron chi connectivity index (χ3n) is 3.47. The fraction of sp³-hybridized carbons (Fsp3) is 0.429. The van der Waals surface area contributed by atoms with Crippen LogP contribution in [0, 0.1) is 0 Å². The minimum Gasteiger partial charge on any atom is -0.497 e. The van der Waals surface area contributed by atoms with Crippen molar-refractivity contribution in [1.82, 2.24) is 5.43 Å². The summed E-state index contributed by atoms with van der Waals surface area (Å²) < 4.78 is 15.9. The molecular formula is C21H28N2O5. The number of methoxy groups -OCH3 is 1. The lowest BCUT2D eigenvalue weighted by Crippen LogP contribution is -2.50. The monoisotopic (exact) mass is 388 g/mol. The molecular weight excluding hydrogens is 360 g/mol. The molecule has 0 aliphatic rings. The molecule has 0 saturated carbocycles. The number of rotatable bonds is 2. The second-order valence-electron chi connectivity index (χ2n) is 8.33.